The Hall–Kier alpha value is -3.21. The third-order valence-corrected chi connectivity index (χ3v) is 7.38. The second-order valence-corrected chi connectivity index (χ2v) is 9.83. The zero-order chi connectivity index (χ0) is 25.5. The van der Waals surface area contributed by atoms with Crippen LogP contribution in [-0.4, -0.2) is 45.4 Å². The molecule has 0 aromatic heterocycles. The summed E-state index contributed by atoms with van der Waals surface area (Å²) in [6, 6.07) is 27.7. The van der Waals surface area contributed by atoms with Crippen molar-refractivity contribution in [3.8, 4) is 28.4 Å². The number of hydrogen-bond donors (Lipinski definition) is 0. The molecule has 0 N–H and O–H groups in total. The van der Waals surface area contributed by atoms with E-state index >= 15 is 0 Å². The number of rotatable bonds is 10. The van der Waals surface area contributed by atoms with Crippen molar-refractivity contribution in [2.24, 2.45) is 0 Å². The van der Waals surface area contributed by atoms with Gasteiger partial charge in [0.25, 0.3) is 0 Å². The Balaban J connectivity index is 0.00000336. The predicted octanol–water partition coefficient (Wildman–Crippen LogP) is 7.79. The molecule has 0 spiro atoms. The summed E-state index contributed by atoms with van der Waals surface area (Å²) < 4.78 is 16.9. The summed E-state index contributed by atoms with van der Waals surface area (Å²) in [4.78, 5) is 2.57. The van der Waals surface area contributed by atoms with Crippen LogP contribution in [0.4, 0.5) is 0 Å². The fourth-order valence-corrected chi connectivity index (χ4v) is 5.30. The van der Waals surface area contributed by atoms with Gasteiger partial charge in [0.2, 0.25) is 0 Å². The van der Waals surface area contributed by atoms with Crippen LogP contribution in [0.25, 0.3) is 21.9 Å². The summed E-state index contributed by atoms with van der Waals surface area (Å²) in [5, 5.41) is 2.42. The maximum absolute atomic E-state index is 6.06. The lowest BCUT2D eigenvalue weighted by atomic mass is 9.90. The molecule has 5 heteroatoms. The van der Waals surface area contributed by atoms with Crippen LogP contribution < -0.4 is 14.2 Å². The molecule has 0 bridgehead atoms. The number of methoxy groups -OCH3 is 2. The van der Waals surface area contributed by atoms with Gasteiger partial charge in [0.1, 0.15) is 17.2 Å². The molecule has 1 aliphatic heterocycles. The van der Waals surface area contributed by atoms with Gasteiger partial charge in [0.05, 0.1) is 20.8 Å². The maximum Gasteiger partial charge on any atom is 0.119 e. The fourth-order valence-electron chi connectivity index (χ4n) is 5.30. The van der Waals surface area contributed by atoms with Crippen molar-refractivity contribution in [1.82, 2.24) is 4.90 Å². The normalized spacial score (nSPS) is 13.6. The number of nitrogens with zero attached hydrogens (tertiary/aromatic N) is 1. The van der Waals surface area contributed by atoms with Gasteiger partial charge < -0.3 is 19.1 Å². The number of fused-ring (bicyclic) bond motifs is 1. The van der Waals surface area contributed by atoms with Gasteiger partial charge in [0, 0.05) is 6.54 Å². The van der Waals surface area contributed by atoms with Gasteiger partial charge in [-0.3, -0.25) is 0 Å². The Morgan fingerprint density at radius 3 is 2.11 bits per heavy atom. The molecule has 4 aromatic rings. The van der Waals surface area contributed by atoms with Crippen LogP contribution in [0.2, 0.25) is 0 Å². The molecule has 1 saturated heterocycles. The quantitative estimate of drug-likeness (QED) is 0.195. The minimum absolute atomic E-state index is 0. The first-order chi connectivity index (χ1) is 18.2. The molecular weight excluding hydrogens is 494 g/mol. The molecule has 0 unspecified atom stereocenters. The van der Waals surface area contributed by atoms with Crippen molar-refractivity contribution in [2.75, 3.05) is 40.5 Å². The van der Waals surface area contributed by atoms with E-state index < -0.39 is 0 Å². The number of benzene rings is 4. The third kappa shape index (κ3) is 6.80. The maximum atomic E-state index is 6.06. The fraction of sp³-hybridized carbons (Fsp3) is 0.333. The Labute approximate surface area is 232 Å². The molecule has 0 saturated carbocycles. The summed E-state index contributed by atoms with van der Waals surface area (Å²) in [5.74, 6) is 2.68. The smallest absolute Gasteiger partial charge is 0.119 e. The molecule has 1 heterocycles. The van der Waals surface area contributed by atoms with E-state index in [2.05, 4.69) is 65.6 Å². The number of hydrogen-bond acceptors (Lipinski definition) is 4. The molecule has 1 aliphatic rings. The summed E-state index contributed by atoms with van der Waals surface area (Å²) in [7, 11) is 3.41. The van der Waals surface area contributed by atoms with Crippen LogP contribution in [0, 0.1) is 0 Å². The Morgan fingerprint density at radius 2 is 1.39 bits per heavy atom. The molecule has 4 aromatic carbocycles. The zero-order valence-electron chi connectivity index (χ0n) is 22.4. The van der Waals surface area contributed by atoms with Crippen LogP contribution in [0.3, 0.4) is 0 Å². The van der Waals surface area contributed by atoms with Gasteiger partial charge in [-0.15, -0.1) is 12.4 Å². The van der Waals surface area contributed by atoms with E-state index in [1.165, 1.54) is 65.4 Å². The molecule has 5 rings (SSSR count). The first-order valence-corrected chi connectivity index (χ1v) is 13.4. The minimum Gasteiger partial charge on any atom is -0.497 e. The van der Waals surface area contributed by atoms with E-state index in [-0.39, 0.29) is 12.4 Å². The standard InChI is InChI=1S/C33H37NO3.ClH/c1-35-28-14-9-26(10-15-28)31-17-11-27-24-30(36-2)16-18-32(27)33(31)23-25-7-12-29(13-8-25)37-22-6-21-34-19-4-3-5-20-34;/h7-18,24H,3-6,19-23H2,1-2H3;1H. The molecule has 200 valence electrons. The van der Waals surface area contributed by atoms with Gasteiger partial charge in [-0.05, 0) is 108 Å². The highest BCUT2D eigenvalue weighted by Gasteiger charge is 2.13. The van der Waals surface area contributed by atoms with Gasteiger partial charge in [-0.2, -0.15) is 0 Å². The lowest BCUT2D eigenvalue weighted by molar-refractivity contribution is 0.205. The molecule has 0 atom stereocenters. The van der Waals surface area contributed by atoms with Gasteiger partial charge in [0.15, 0.2) is 0 Å². The number of halogens is 1. The number of ether oxygens (including phenoxy) is 3. The van der Waals surface area contributed by atoms with Gasteiger partial charge in [-0.25, -0.2) is 0 Å². The average molecular weight is 532 g/mol. The SMILES string of the molecule is COc1ccc(-c2ccc3cc(OC)ccc3c2Cc2ccc(OCCCN3CCCCC3)cc2)cc1.Cl. The third-order valence-electron chi connectivity index (χ3n) is 7.38. The molecule has 1 fully saturated rings. The number of likely N-dealkylation sites (tertiary alicyclic amines) is 1. The largest absolute Gasteiger partial charge is 0.497 e. The van der Waals surface area contributed by atoms with Gasteiger partial charge >= 0.3 is 0 Å². The summed E-state index contributed by atoms with van der Waals surface area (Å²) in [5.41, 5.74) is 4.99. The van der Waals surface area contributed by atoms with E-state index in [4.69, 9.17) is 14.2 Å². The average Bonchev–Trinajstić information content (AvgIpc) is 2.96. The second kappa shape index (κ2) is 13.5. The van der Waals surface area contributed by atoms with E-state index in [0.717, 1.165) is 43.2 Å². The topological polar surface area (TPSA) is 30.9 Å². The van der Waals surface area contributed by atoms with E-state index in [1.54, 1.807) is 14.2 Å². The highest BCUT2D eigenvalue weighted by Crippen LogP contribution is 2.34. The Kier molecular flexibility index (Phi) is 9.91. The second-order valence-electron chi connectivity index (χ2n) is 9.83. The molecular formula is C33H38ClNO3. The predicted molar refractivity (Wildman–Crippen MR) is 159 cm³/mol. The van der Waals surface area contributed by atoms with Crippen LogP contribution in [0.1, 0.15) is 36.8 Å². The summed E-state index contributed by atoms with van der Waals surface area (Å²) in [6.07, 6.45) is 5.97. The number of piperidine rings is 1. The van der Waals surface area contributed by atoms with E-state index in [0.29, 0.717) is 0 Å². The van der Waals surface area contributed by atoms with E-state index in [1.807, 2.05) is 18.2 Å². The lowest BCUT2D eigenvalue weighted by Gasteiger charge is -2.26. The van der Waals surface area contributed by atoms with Crippen molar-refractivity contribution in [3.05, 3.63) is 90.0 Å². The molecule has 0 amide bonds. The van der Waals surface area contributed by atoms with Crippen LogP contribution in [-0.2, 0) is 6.42 Å². The van der Waals surface area contributed by atoms with Crippen molar-refractivity contribution < 1.29 is 14.2 Å². The first kappa shape index (κ1) is 27.8. The molecule has 4 nitrogen and oxygen atoms in total. The van der Waals surface area contributed by atoms with Crippen molar-refractivity contribution in [1.29, 1.82) is 0 Å². The van der Waals surface area contributed by atoms with Crippen LogP contribution in [0.15, 0.2) is 78.9 Å². The highest BCUT2D eigenvalue weighted by molar-refractivity contribution is 5.93. The monoisotopic (exact) mass is 531 g/mol. The minimum atomic E-state index is 0. The van der Waals surface area contributed by atoms with Crippen molar-refractivity contribution >= 4 is 23.2 Å². The zero-order valence-corrected chi connectivity index (χ0v) is 23.3. The molecule has 38 heavy (non-hydrogen) atoms. The molecule has 0 radical (unpaired) electrons. The Bertz CT molecular complexity index is 1300. The summed E-state index contributed by atoms with van der Waals surface area (Å²) in [6.45, 7) is 4.39. The van der Waals surface area contributed by atoms with Crippen molar-refractivity contribution in [3.63, 3.8) is 0 Å². The lowest BCUT2D eigenvalue weighted by Crippen LogP contribution is -2.31. The highest BCUT2D eigenvalue weighted by atomic mass is 35.5. The first-order valence-electron chi connectivity index (χ1n) is 13.4. The summed E-state index contributed by atoms with van der Waals surface area (Å²) >= 11 is 0. The van der Waals surface area contributed by atoms with Crippen LogP contribution >= 0.6 is 12.4 Å². The van der Waals surface area contributed by atoms with Gasteiger partial charge in [-0.1, -0.05) is 48.9 Å². The van der Waals surface area contributed by atoms with Crippen molar-refractivity contribution in [2.45, 2.75) is 32.1 Å². The Morgan fingerprint density at radius 1 is 0.711 bits per heavy atom. The molecule has 0 aliphatic carbocycles. The van der Waals surface area contributed by atoms with Crippen LogP contribution in [0.5, 0.6) is 17.2 Å². The van der Waals surface area contributed by atoms with E-state index in [9.17, 15) is 0 Å².